The van der Waals surface area contributed by atoms with E-state index >= 15 is 0 Å². The lowest BCUT2D eigenvalue weighted by Crippen LogP contribution is -2.46. The van der Waals surface area contributed by atoms with Gasteiger partial charge in [0.2, 0.25) is 11.8 Å². The Labute approximate surface area is 239 Å². The van der Waals surface area contributed by atoms with Crippen molar-refractivity contribution in [3.05, 3.63) is 29.3 Å². The second-order valence-corrected chi connectivity index (χ2v) is 12.6. The zero-order chi connectivity index (χ0) is 28.9. The van der Waals surface area contributed by atoms with Crippen molar-refractivity contribution in [1.29, 1.82) is 0 Å². The van der Waals surface area contributed by atoms with E-state index in [0.29, 0.717) is 58.7 Å². The zero-order valence-corrected chi connectivity index (χ0v) is 24.6. The maximum atomic E-state index is 13.6. The van der Waals surface area contributed by atoms with E-state index in [0.717, 1.165) is 49.0 Å². The molecule has 3 atom stereocenters. The van der Waals surface area contributed by atoms with Gasteiger partial charge in [-0.3, -0.25) is 19.3 Å². The molecule has 2 saturated heterocycles. The average molecular weight is 557 g/mol. The molecule has 1 aromatic carbocycles. The van der Waals surface area contributed by atoms with Crippen LogP contribution in [0.1, 0.15) is 76.3 Å². The number of unbranched alkanes of at least 4 members (excludes halogenated alkanes) is 2. The largest absolute Gasteiger partial charge is 0.493 e. The quantitative estimate of drug-likeness (QED) is 0.338. The number of fused-ring (bicyclic) bond motifs is 1. The molecule has 3 unspecified atom stereocenters. The monoisotopic (exact) mass is 556 g/mol. The average Bonchev–Trinajstić information content (AvgIpc) is 3.58. The third-order valence-electron chi connectivity index (χ3n) is 8.83. The minimum absolute atomic E-state index is 0.0426. The number of rotatable bonds is 14. The Hall–Kier alpha value is -2.65. The summed E-state index contributed by atoms with van der Waals surface area (Å²) in [6.07, 6.45) is 5.52. The van der Waals surface area contributed by atoms with E-state index < -0.39 is 11.9 Å². The Kier molecular flexibility index (Phi) is 10.1. The molecular weight excluding hydrogens is 508 g/mol. The summed E-state index contributed by atoms with van der Waals surface area (Å²) in [5, 5.41) is 10.5. The van der Waals surface area contributed by atoms with E-state index in [1.807, 2.05) is 21.9 Å². The molecule has 2 fully saturated rings. The topological polar surface area (TPSA) is 116 Å². The molecule has 3 aliphatic heterocycles. The van der Waals surface area contributed by atoms with Crippen molar-refractivity contribution >= 4 is 17.8 Å². The van der Waals surface area contributed by atoms with E-state index in [4.69, 9.17) is 10.5 Å². The van der Waals surface area contributed by atoms with Crippen LogP contribution < -0.4 is 10.5 Å². The van der Waals surface area contributed by atoms with Gasteiger partial charge in [0, 0.05) is 57.5 Å². The summed E-state index contributed by atoms with van der Waals surface area (Å²) >= 11 is 0. The first kappa shape index (κ1) is 30.3. The van der Waals surface area contributed by atoms with E-state index in [1.165, 1.54) is 0 Å². The fourth-order valence-electron chi connectivity index (χ4n) is 6.73. The standard InChI is InChI=1S/C31H48N4O5/c1-4-5-13-33(14-7-6-12-32)28(37)20-35-19-24(22-8-9-26-23(17-22)11-16-40-26)29(30(38)39)25(35)10-15-34-21-31(2,3)18-27(34)36/h8-9,17,24-25,29H,4-7,10-16,18-21,32H2,1-3H3,(H,38,39). The summed E-state index contributed by atoms with van der Waals surface area (Å²) < 4.78 is 5.68. The number of likely N-dealkylation sites (tertiary alicyclic amines) is 2. The Morgan fingerprint density at radius 1 is 1.20 bits per heavy atom. The number of aliphatic carboxylic acids is 1. The molecule has 0 bridgehead atoms. The van der Waals surface area contributed by atoms with Crippen LogP contribution in [0.5, 0.6) is 5.75 Å². The highest BCUT2D eigenvalue weighted by atomic mass is 16.5. The van der Waals surface area contributed by atoms with Gasteiger partial charge in [0.25, 0.3) is 0 Å². The molecule has 0 saturated carbocycles. The van der Waals surface area contributed by atoms with E-state index in [1.54, 1.807) is 0 Å². The third-order valence-corrected chi connectivity index (χ3v) is 8.83. The lowest BCUT2D eigenvalue weighted by molar-refractivity contribution is -0.144. The third kappa shape index (κ3) is 7.16. The minimum atomic E-state index is -0.847. The summed E-state index contributed by atoms with van der Waals surface area (Å²) in [4.78, 5) is 45.1. The van der Waals surface area contributed by atoms with Crippen molar-refractivity contribution < 1.29 is 24.2 Å². The Morgan fingerprint density at radius 2 is 1.98 bits per heavy atom. The Morgan fingerprint density at radius 3 is 2.65 bits per heavy atom. The minimum Gasteiger partial charge on any atom is -0.493 e. The summed E-state index contributed by atoms with van der Waals surface area (Å²) in [7, 11) is 0. The molecule has 2 amide bonds. The molecule has 9 nitrogen and oxygen atoms in total. The second kappa shape index (κ2) is 13.3. The highest BCUT2D eigenvalue weighted by Crippen LogP contribution is 2.41. The molecular formula is C31H48N4O5. The molecule has 3 heterocycles. The van der Waals surface area contributed by atoms with Crippen LogP contribution in [0.4, 0.5) is 0 Å². The van der Waals surface area contributed by atoms with Crippen LogP contribution >= 0.6 is 0 Å². The van der Waals surface area contributed by atoms with Gasteiger partial charge < -0.3 is 25.4 Å². The molecule has 3 aliphatic rings. The molecule has 3 N–H and O–H groups in total. The van der Waals surface area contributed by atoms with Crippen LogP contribution in [0.15, 0.2) is 18.2 Å². The summed E-state index contributed by atoms with van der Waals surface area (Å²) in [6, 6.07) is 5.69. The highest BCUT2D eigenvalue weighted by Gasteiger charge is 2.48. The number of carbonyl (C=O) groups excluding carboxylic acids is 2. The number of amides is 2. The number of carboxylic acids is 1. The summed E-state index contributed by atoms with van der Waals surface area (Å²) in [5.74, 6) is -0.718. The number of carboxylic acid groups (broad SMARTS) is 1. The first-order chi connectivity index (χ1) is 19.1. The van der Waals surface area contributed by atoms with Crippen LogP contribution in [0, 0.1) is 11.3 Å². The van der Waals surface area contributed by atoms with E-state index in [2.05, 4.69) is 31.7 Å². The number of hydrogen-bond donors (Lipinski definition) is 2. The van der Waals surface area contributed by atoms with Gasteiger partial charge in [0.15, 0.2) is 0 Å². The van der Waals surface area contributed by atoms with Gasteiger partial charge in [0.05, 0.1) is 19.1 Å². The van der Waals surface area contributed by atoms with Crippen molar-refractivity contribution in [2.45, 2.75) is 77.7 Å². The van der Waals surface area contributed by atoms with Gasteiger partial charge in [0.1, 0.15) is 5.75 Å². The van der Waals surface area contributed by atoms with Crippen molar-refractivity contribution in [3.63, 3.8) is 0 Å². The van der Waals surface area contributed by atoms with Crippen molar-refractivity contribution in [1.82, 2.24) is 14.7 Å². The van der Waals surface area contributed by atoms with Gasteiger partial charge in [-0.2, -0.15) is 0 Å². The number of nitrogens with zero attached hydrogens (tertiary/aromatic N) is 3. The number of hydrogen-bond acceptors (Lipinski definition) is 6. The van der Waals surface area contributed by atoms with Crippen molar-refractivity contribution in [3.8, 4) is 5.75 Å². The Bertz CT molecular complexity index is 1060. The fraction of sp³-hybridized carbons (Fsp3) is 0.710. The van der Waals surface area contributed by atoms with Gasteiger partial charge in [-0.15, -0.1) is 0 Å². The maximum absolute atomic E-state index is 13.6. The van der Waals surface area contributed by atoms with Gasteiger partial charge in [-0.25, -0.2) is 0 Å². The SMILES string of the molecule is CCCCN(CCCCN)C(=O)CN1CC(c2ccc3c(c2)CCO3)C(C(=O)O)C1CCN1CC(C)(C)CC1=O. The van der Waals surface area contributed by atoms with Crippen molar-refractivity contribution in [2.75, 3.05) is 52.4 Å². The Balaban J connectivity index is 1.57. The van der Waals surface area contributed by atoms with Crippen LogP contribution in [0.25, 0.3) is 0 Å². The van der Waals surface area contributed by atoms with E-state index in [-0.39, 0.29) is 35.7 Å². The fourth-order valence-corrected chi connectivity index (χ4v) is 6.73. The molecule has 0 radical (unpaired) electrons. The first-order valence-electron chi connectivity index (χ1n) is 15.1. The predicted octanol–water partition coefficient (Wildman–Crippen LogP) is 3.11. The molecule has 4 rings (SSSR count). The highest BCUT2D eigenvalue weighted by molar-refractivity contribution is 5.80. The zero-order valence-electron chi connectivity index (χ0n) is 24.6. The maximum Gasteiger partial charge on any atom is 0.308 e. The smallest absolute Gasteiger partial charge is 0.308 e. The molecule has 222 valence electrons. The second-order valence-electron chi connectivity index (χ2n) is 12.6. The van der Waals surface area contributed by atoms with Crippen molar-refractivity contribution in [2.24, 2.45) is 17.1 Å². The lowest BCUT2D eigenvalue weighted by Gasteiger charge is -2.31. The van der Waals surface area contributed by atoms with Crippen LogP contribution in [-0.2, 0) is 20.8 Å². The van der Waals surface area contributed by atoms with Crippen LogP contribution in [0.3, 0.4) is 0 Å². The molecule has 0 aliphatic carbocycles. The van der Waals surface area contributed by atoms with Gasteiger partial charge in [-0.1, -0.05) is 39.3 Å². The van der Waals surface area contributed by atoms with Gasteiger partial charge in [-0.05, 0) is 54.8 Å². The first-order valence-corrected chi connectivity index (χ1v) is 15.1. The number of benzene rings is 1. The summed E-state index contributed by atoms with van der Waals surface area (Å²) in [6.45, 7) is 10.8. The van der Waals surface area contributed by atoms with Crippen LogP contribution in [-0.4, -0.2) is 96.1 Å². The lowest BCUT2D eigenvalue weighted by atomic mass is 9.83. The van der Waals surface area contributed by atoms with Gasteiger partial charge >= 0.3 is 5.97 Å². The molecule has 0 aromatic heterocycles. The summed E-state index contributed by atoms with van der Waals surface area (Å²) in [5.41, 5.74) is 7.72. The van der Waals surface area contributed by atoms with E-state index in [9.17, 15) is 19.5 Å². The molecule has 40 heavy (non-hydrogen) atoms. The van der Waals surface area contributed by atoms with Crippen LogP contribution in [0.2, 0.25) is 0 Å². The number of nitrogens with two attached hydrogens (primary N) is 1. The molecule has 0 spiro atoms. The predicted molar refractivity (Wildman–Crippen MR) is 154 cm³/mol. The molecule has 1 aromatic rings. The number of carbonyl (C=O) groups is 3. The normalized spacial score (nSPS) is 23.9. The molecule has 9 heteroatoms. The number of ether oxygens (including phenoxy) is 1.